The van der Waals surface area contributed by atoms with Gasteiger partial charge in [-0.25, -0.2) is 8.42 Å². The molecule has 1 saturated carbocycles. The van der Waals surface area contributed by atoms with Crippen molar-refractivity contribution in [2.24, 2.45) is 17.1 Å². The molecule has 0 bridgehead atoms. The third kappa shape index (κ3) is 7.85. The molecule has 1 saturated heterocycles. The monoisotopic (exact) mass is 549 g/mol. The number of nitrogens with zero attached hydrogens (tertiary/aromatic N) is 2. The van der Waals surface area contributed by atoms with Gasteiger partial charge in [-0.1, -0.05) is 38.3 Å². The van der Waals surface area contributed by atoms with Gasteiger partial charge in [0.15, 0.2) is 0 Å². The first-order valence-corrected chi connectivity index (χ1v) is 14.8. The first-order valence-electron chi connectivity index (χ1n) is 13.0. The van der Waals surface area contributed by atoms with E-state index < -0.39 is 15.4 Å². The number of anilines is 1. The first-order chi connectivity index (χ1) is 17.1. The van der Waals surface area contributed by atoms with Crippen LogP contribution in [0.5, 0.6) is 11.5 Å². The molecule has 2 aromatic carbocycles. The molecule has 2 aromatic rings. The molecule has 0 radical (unpaired) electrons. The molecule has 4 rings (SSSR count). The average Bonchev–Trinajstić information content (AvgIpc) is 2.86. The molecule has 0 aromatic heterocycles. The van der Waals surface area contributed by atoms with Crippen molar-refractivity contribution >= 4 is 34.0 Å². The number of rotatable bonds is 9. The summed E-state index contributed by atoms with van der Waals surface area (Å²) in [6.07, 6.45) is 8.65. The predicted octanol–water partition coefficient (Wildman–Crippen LogP) is 5.33. The molecule has 37 heavy (non-hydrogen) atoms. The fourth-order valence-electron chi connectivity index (χ4n) is 5.23. The molecule has 1 heterocycles. The second-order valence-electron chi connectivity index (χ2n) is 10.7. The molecule has 1 aliphatic carbocycles. The fourth-order valence-corrected chi connectivity index (χ4v) is 6.21. The molecule has 0 unspecified atom stereocenters. The summed E-state index contributed by atoms with van der Waals surface area (Å²) >= 11 is 0. The Morgan fingerprint density at radius 2 is 1.54 bits per heavy atom. The molecule has 2 N–H and O–H groups in total. The Bertz CT molecular complexity index is 1130. The van der Waals surface area contributed by atoms with Crippen LogP contribution in [0.1, 0.15) is 57.4 Å². The summed E-state index contributed by atoms with van der Waals surface area (Å²) in [7, 11) is -3.35. The van der Waals surface area contributed by atoms with Crippen molar-refractivity contribution in [1.82, 2.24) is 4.90 Å². The topological polar surface area (TPSA) is 92.9 Å². The van der Waals surface area contributed by atoms with E-state index in [0.717, 1.165) is 51.1 Å². The van der Waals surface area contributed by atoms with Crippen molar-refractivity contribution < 1.29 is 17.9 Å². The van der Waals surface area contributed by atoms with Gasteiger partial charge in [0.25, 0.3) is 0 Å². The van der Waals surface area contributed by atoms with Crippen LogP contribution in [0.4, 0.5) is 5.69 Å². The smallest absolute Gasteiger partial charge is 0.232 e. The first kappa shape index (κ1) is 29.3. The van der Waals surface area contributed by atoms with Crippen LogP contribution in [0.25, 0.3) is 0 Å². The van der Waals surface area contributed by atoms with Crippen molar-refractivity contribution in [2.45, 2.75) is 58.4 Å². The molecule has 1 aliphatic heterocycles. The number of benzene rings is 2. The van der Waals surface area contributed by atoms with Crippen molar-refractivity contribution in [1.29, 1.82) is 0 Å². The minimum Gasteiger partial charge on any atom is -0.457 e. The zero-order chi connectivity index (χ0) is 25.8. The van der Waals surface area contributed by atoms with E-state index in [1.165, 1.54) is 35.4 Å². The highest BCUT2D eigenvalue weighted by atomic mass is 35.5. The highest BCUT2D eigenvalue weighted by Gasteiger charge is 2.35. The lowest BCUT2D eigenvalue weighted by molar-refractivity contribution is -0.129. The summed E-state index contributed by atoms with van der Waals surface area (Å²) in [5.41, 5.74) is 7.04. The molecule has 9 heteroatoms. The van der Waals surface area contributed by atoms with Crippen molar-refractivity contribution in [2.75, 3.05) is 30.2 Å². The maximum atomic E-state index is 12.5. The van der Waals surface area contributed by atoms with Crippen LogP contribution >= 0.6 is 12.4 Å². The van der Waals surface area contributed by atoms with Crippen LogP contribution in [-0.4, -0.2) is 45.1 Å². The zero-order valence-corrected chi connectivity index (χ0v) is 23.5. The standard InChI is InChI=1S/C28H39N3O4S.ClH/c1-28(27(29)32)16-18-30(19-17-28)20-23-8-12-25(13-9-23)35-26-14-10-24(11-15-26)31(36(2,33)34)21-22-6-4-3-5-7-22;/h8-15,22H,3-7,16-21H2,1-2H3,(H2,29,32);1H. The van der Waals surface area contributed by atoms with E-state index in [1.807, 2.05) is 43.3 Å². The number of halogens is 1. The quantitative estimate of drug-likeness (QED) is 0.456. The third-order valence-electron chi connectivity index (χ3n) is 7.79. The van der Waals surface area contributed by atoms with E-state index >= 15 is 0 Å². The summed E-state index contributed by atoms with van der Waals surface area (Å²) in [6.45, 7) is 5.04. The van der Waals surface area contributed by atoms with Crippen LogP contribution < -0.4 is 14.8 Å². The van der Waals surface area contributed by atoms with Gasteiger partial charge in [0, 0.05) is 18.5 Å². The molecular formula is C28H40ClN3O4S. The maximum absolute atomic E-state index is 12.5. The number of amides is 1. The van der Waals surface area contributed by atoms with E-state index in [-0.39, 0.29) is 18.3 Å². The van der Waals surface area contributed by atoms with Gasteiger partial charge < -0.3 is 10.5 Å². The second-order valence-corrected chi connectivity index (χ2v) is 12.6. The molecule has 2 aliphatic rings. The van der Waals surface area contributed by atoms with E-state index in [1.54, 1.807) is 0 Å². The molecule has 1 amide bonds. The largest absolute Gasteiger partial charge is 0.457 e. The fraction of sp³-hybridized carbons (Fsp3) is 0.536. The van der Waals surface area contributed by atoms with Gasteiger partial charge in [0.05, 0.1) is 11.9 Å². The Kier molecular flexibility index (Phi) is 9.89. The van der Waals surface area contributed by atoms with E-state index in [2.05, 4.69) is 17.0 Å². The van der Waals surface area contributed by atoms with Gasteiger partial charge >= 0.3 is 0 Å². The Balaban J connectivity index is 0.00000380. The van der Waals surface area contributed by atoms with Gasteiger partial charge in [-0.05, 0) is 86.7 Å². The number of primary amides is 1. The number of hydrogen-bond acceptors (Lipinski definition) is 5. The van der Waals surface area contributed by atoms with Crippen molar-refractivity contribution in [3.8, 4) is 11.5 Å². The van der Waals surface area contributed by atoms with E-state index in [4.69, 9.17) is 10.5 Å². The molecule has 0 atom stereocenters. The Labute approximate surface area is 227 Å². The number of carbonyl (C=O) groups excluding carboxylic acids is 1. The lowest BCUT2D eigenvalue weighted by Crippen LogP contribution is -2.45. The highest BCUT2D eigenvalue weighted by molar-refractivity contribution is 7.92. The minimum atomic E-state index is -3.35. The normalized spacial score (nSPS) is 18.5. The van der Waals surface area contributed by atoms with Crippen LogP contribution in [0.3, 0.4) is 0 Å². The summed E-state index contributed by atoms with van der Waals surface area (Å²) in [4.78, 5) is 14.0. The van der Waals surface area contributed by atoms with Crippen LogP contribution in [0.2, 0.25) is 0 Å². The molecule has 0 spiro atoms. The molecular weight excluding hydrogens is 510 g/mol. The molecule has 7 nitrogen and oxygen atoms in total. The van der Waals surface area contributed by atoms with Crippen LogP contribution in [0.15, 0.2) is 48.5 Å². The van der Waals surface area contributed by atoms with Gasteiger partial charge in [-0.3, -0.25) is 14.0 Å². The zero-order valence-electron chi connectivity index (χ0n) is 21.9. The number of ether oxygens (including phenoxy) is 1. The third-order valence-corrected chi connectivity index (χ3v) is 8.95. The van der Waals surface area contributed by atoms with E-state index in [9.17, 15) is 13.2 Å². The number of nitrogens with two attached hydrogens (primary N) is 1. The van der Waals surface area contributed by atoms with Crippen LogP contribution in [0, 0.1) is 11.3 Å². The van der Waals surface area contributed by atoms with Gasteiger partial charge in [0.2, 0.25) is 15.9 Å². The lowest BCUT2D eigenvalue weighted by Gasteiger charge is -2.37. The summed E-state index contributed by atoms with van der Waals surface area (Å²) in [5.74, 6) is 1.61. The summed E-state index contributed by atoms with van der Waals surface area (Å²) in [6, 6.07) is 15.3. The SMILES string of the molecule is CC1(C(N)=O)CCN(Cc2ccc(Oc3ccc(N(CC4CCCCC4)S(C)(=O)=O)cc3)cc2)CC1.Cl. The maximum Gasteiger partial charge on any atom is 0.232 e. The highest BCUT2D eigenvalue weighted by Crippen LogP contribution is 2.32. The average molecular weight is 550 g/mol. The minimum absolute atomic E-state index is 0. The summed E-state index contributed by atoms with van der Waals surface area (Å²) in [5, 5.41) is 0. The van der Waals surface area contributed by atoms with Crippen molar-refractivity contribution in [3.05, 3.63) is 54.1 Å². The van der Waals surface area contributed by atoms with Gasteiger partial charge in [0.1, 0.15) is 11.5 Å². The number of hydrogen-bond donors (Lipinski definition) is 1. The Morgan fingerprint density at radius 3 is 2.05 bits per heavy atom. The number of sulfonamides is 1. The van der Waals surface area contributed by atoms with Crippen LogP contribution in [-0.2, 0) is 21.4 Å². The lowest BCUT2D eigenvalue weighted by atomic mass is 9.80. The Hall–Kier alpha value is -2.29. The number of carbonyl (C=O) groups is 1. The second kappa shape index (κ2) is 12.5. The Morgan fingerprint density at radius 1 is 1.00 bits per heavy atom. The summed E-state index contributed by atoms with van der Waals surface area (Å²) < 4.78 is 32.5. The van der Waals surface area contributed by atoms with Gasteiger partial charge in [-0.15, -0.1) is 12.4 Å². The molecule has 204 valence electrons. The van der Waals surface area contributed by atoms with E-state index in [0.29, 0.717) is 23.9 Å². The molecule has 2 fully saturated rings. The number of piperidine rings is 1. The predicted molar refractivity (Wildman–Crippen MR) is 151 cm³/mol. The van der Waals surface area contributed by atoms with Crippen molar-refractivity contribution in [3.63, 3.8) is 0 Å². The number of likely N-dealkylation sites (tertiary alicyclic amines) is 1. The van der Waals surface area contributed by atoms with Gasteiger partial charge in [-0.2, -0.15) is 0 Å².